The molecular weight excluding hydrogens is 405 g/mol. The van der Waals surface area contributed by atoms with Crippen LogP contribution in [-0.4, -0.2) is 63.9 Å². The lowest BCUT2D eigenvalue weighted by molar-refractivity contribution is 0.161. The van der Waals surface area contributed by atoms with Gasteiger partial charge in [0.25, 0.3) is 0 Å². The minimum Gasteiger partial charge on any atom is -0.377 e. The molecule has 1 saturated heterocycles. The molecule has 6 nitrogen and oxygen atoms in total. The fraction of sp³-hybridized carbons (Fsp3) is 0.409. The zero-order chi connectivity index (χ0) is 20.5. The van der Waals surface area contributed by atoms with E-state index in [4.69, 9.17) is 21.4 Å². The average molecular weight is 428 g/mol. The van der Waals surface area contributed by atoms with Crippen molar-refractivity contribution in [3.63, 3.8) is 0 Å². The summed E-state index contributed by atoms with van der Waals surface area (Å²) >= 11 is 6.89. The second kappa shape index (κ2) is 8.41. The van der Waals surface area contributed by atoms with Gasteiger partial charge in [0.05, 0.1) is 35.9 Å². The highest BCUT2D eigenvalue weighted by atomic mass is 35.5. The normalized spacial score (nSPS) is 20.1. The number of aromatic nitrogens is 4. The van der Waals surface area contributed by atoms with Crippen LogP contribution in [0.5, 0.6) is 0 Å². The Morgan fingerprint density at radius 3 is 2.73 bits per heavy atom. The van der Waals surface area contributed by atoms with Crippen LogP contribution >= 0.6 is 11.6 Å². The molecule has 0 amide bonds. The molecule has 4 heterocycles. The largest absolute Gasteiger partial charge is 0.377 e. The quantitative estimate of drug-likeness (QED) is 0.616. The van der Waals surface area contributed by atoms with Crippen LogP contribution in [0.4, 0.5) is 4.39 Å². The van der Waals surface area contributed by atoms with E-state index in [0.717, 1.165) is 41.7 Å². The van der Waals surface area contributed by atoms with Crippen LogP contribution in [0.1, 0.15) is 18.5 Å². The molecule has 0 spiro atoms. The molecule has 1 unspecified atom stereocenters. The first-order valence-electron chi connectivity index (χ1n) is 10.3. The van der Waals surface area contributed by atoms with E-state index in [-0.39, 0.29) is 0 Å². The zero-order valence-electron chi connectivity index (χ0n) is 16.6. The van der Waals surface area contributed by atoms with Gasteiger partial charge in [-0.15, -0.1) is 10.2 Å². The van der Waals surface area contributed by atoms with Crippen molar-refractivity contribution in [1.82, 2.24) is 24.9 Å². The number of rotatable bonds is 5. The van der Waals surface area contributed by atoms with Crippen molar-refractivity contribution in [2.75, 3.05) is 32.8 Å². The number of halogens is 2. The first-order valence-corrected chi connectivity index (χ1v) is 10.7. The molecule has 0 saturated carbocycles. The lowest BCUT2D eigenvalue weighted by atomic mass is 10.0. The Labute approximate surface area is 179 Å². The smallest absolute Gasteiger partial charge is 0.182 e. The Morgan fingerprint density at radius 2 is 2.00 bits per heavy atom. The van der Waals surface area contributed by atoms with E-state index in [1.165, 1.54) is 0 Å². The summed E-state index contributed by atoms with van der Waals surface area (Å²) in [7, 11) is 0. The van der Waals surface area contributed by atoms with Gasteiger partial charge in [0.15, 0.2) is 5.65 Å². The van der Waals surface area contributed by atoms with E-state index in [0.29, 0.717) is 49.1 Å². The third-order valence-corrected chi connectivity index (χ3v) is 6.12. The van der Waals surface area contributed by atoms with Crippen LogP contribution in [0.25, 0.3) is 27.9 Å². The van der Waals surface area contributed by atoms with E-state index in [1.54, 1.807) is 0 Å². The third kappa shape index (κ3) is 3.73. The van der Waals surface area contributed by atoms with E-state index in [9.17, 15) is 4.39 Å². The molecule has 0 bridgehead atoms. The Morgan fingerprint density at radius 1 is 1.13 bits per heavy atom. The fourth-order valence-electron chi connectivity index (χ4n) is 4.14. The number of fused-ring (bicyclic) bond motifs is 1. The summed E-state index contributed by atoms with van der Waals surface area (Å²) in [6, 6.07) is 9.81. The molecule has 30 heavy (non-hydrogen) atoms. The number of alkyl halides is 1. The standard InChI is InChI=1S/C22H23ClFN5O/c23-19-18-20(16-7-12-30-13-8-16)27-29(11-10-28-9-6-17(24)14-28)22(18)26-25-21(19)15-4-2-1-3-5-15/h1-5,7,17H,6,8-14H2. The van der Waals surface area contributed by atoms with Crippen LogP contribution in [0.3, 0.4) is 0 Å². The Hall–Kier alpha value is -2.35. The highest BCUT2D eigenvalue weighted by Gasteiger charge is 2.25. The summed E-state index contributed by atoms with van der Waals surface area (Å²) in [5.41, 5.74) is 4.19. The van der Waals surface area contributed by atoms with E-state index in [1.807, 2.05) is 35.0 Å². The van der Waals surface area contributed by atoms with Gasteiger partial charge < -0.3 is 4.74 Å². The zero-order valence-corrected chi connectivity index (χ0v) is 17.4. The highest BCUT2D eigenvalue weighted by molar-refractivity contribution is 6.38. The Balaban J connectivity index is 1.57. The summed E-state index contributed by atoms with van der Waals surface area (Å²) < 4.78 is 20.9. The third-order valence-electron chi connectivity index (χ3n) is 5.76. The summed E-state index contributed by atoms with van der Waals surface area (Å²) in [6.07, 6.45) is 2.71. The molecule has 3 aromatic rings. The predicted molar refractivity (Wildman–Crippen MR) is 115 cm³/mol. The molecular formula is C22H23ClFN5O. The minimum absolute atomic E-state index is 0.485. The number of hydrogen-bond acceptors (Lipinski definition) is 5. The first-order chi connectivity index (χ1) is 14.7. The van der Waals surface area contributed by atoms with Crippen molar-refractivity contribution in [3.05, 3.63) is 47.1 Å². The van der Waals surface area contributed by atoms with Gasteiger partial charge in [-0.1, -0.05) is 48.0 Å². The summed E-state index contributed by atoms with van der Waals surface area (Å²) in [5, 5.41) is 15.2. The van der Waals surface area contributed by atoms with Crippen LogP contribution < -0.4 is 0 Å². The van der Waals surface area contributed by atoms with Crippen molar-refractivity contribution < 1.29 is 9.13 Å². The van der Waals surface area contributed by atoms with Gasteiger partial charge in [0, 0.05) is 25.2 Å². The maximum absolute atomic E-state index is 13.5. The predicted octanol–water partition coefficient (Wildman–Crippen LogP) is 3.99. The number of nitrogens with zero attached hydrogens (tertiary/aromatic N) is 5. The molecule has 0 aliphatic carbocycles. The van der Waals surface area contributed by atoms with Gasteiger partial charge in [-0.2, -0.15) is 5.10 Å². The van der Waals surface area contributed by atoms with Crippen LogP contribution in [0, 0.1) is 0 Å². The molecule has 156 valence electrons. The van der Waals surface area contributed by atoms with Crippen LogP contribution in [0.2, 0.25) is 5.02 Å². The minimum atomic E-state index is -0.731. The van der Waals surface area contributed by atoms with Crippen molar-refractivity contribution >= 4 is 28.2 Å². The molecule has 2 aliphatic heterocycles. The van der Waals surface area contributed by atoms with Gasteiger partial charge in [0.2, 0.25) is 0 Å². The SMILES string of the molecule is FC1CCN(CCn2nc(C3=CCOCC3)c3c(Cl)c(-c4ccccc4)nnc32)C1. The highest BCUT2D eigenvalue weighted by Crippen LogP contribution is 2.36. The molecule has 2 aliphatic rings. The lowest BCUT2D eigenvalue weighted by Gasteiger charge is -2.14. The van der Waals surface area contributed by atoms with Gasteiger partial charge in [-0.25, -0.2) is 9.07 Å². The maximum Gasteiger partial charge on any atom is 0.182 e. The number of benzene rings is 1. The monoisotopic (exact) mass is 427 g/mol. The van der Waals surface area contributed by atoms with Crippen LogP contribution in [0.15, 0.2) is 36.4 Å². The van der Waals surface area contributed by atoms with E-state index < -0.39 is 6.17 Å². The van der Waals surface area contributed by atoms with Crippen molar-refractivity contribution in [2.24, 2.45) is 0 Å². The Kier molecular flexibility index (Phi) is 5.50. The maximum atomic E-state index is 13.5. The molecule has 1 aromatic carbocycles. The molecule has 8 heteroatoms. The molecule has 0 radical (unpaired) electrons. The van der Waals surface area contributed by atoms with Gasteiger partial charge >= 0.3 is 0 Å². The number of ether oxygens (including phenoxy) is 1. The average Bonchev–Trinajstić information content (AvgIpc) is 3.37. The number of hydrogen-bond donors (Lipinski definition) is 0. The summed E-state index contributed by atoms with van der Waals surface area (Å²) in [5.74, 6) is 0. The fourth-order valence-corrected chi connectivity index (χ4v) is 4.47. The van der Waals surface area contributed by atoms with E-state index >= 15 is 0 Å². The van der Waals surface area contributed by atoms with Crippen molar-refractivity contribution in [2.45, 2.75) is 25.6 Å². The topological polar surface area (TPSA) is 56.1 Å². The van der Waals surface area contributed by atoms with Gasteiger partial charge in [-0.3, -0.25) is 4.90 Å². The molecule has 0 N–H and O–H groups in total. The first kappa shape index (κ1) is 19.6. The number of likely N-dealkylation sites (tertiary alicyclic amines) is 1. The second-order valence-corrected chi connectivity index (χ2v) is 8.12. The van der Waals surface area contributed by atoms with E-state index in [2.05, 4.69) is 21.2 Å². The van der Waals surface area contributed by atoms with Gasteiger partial charge in [-0.05, 0) is 18.4 Å². The van der Waals surface area contributed by atoms with Crippen molar-refractivity contribution in [3.8, 4) is 11.3 Å². The lowest BCUT2D eigenvalue weighted by Crippen LogP contribution is -2.26. The van der Waals surface area contributed by atoms with Crippen molar-refractivity contribution in [1.29, 1.82) is 0 Å². The Bertz CT molecular complexity index is 1080. The summed E-state index contributed by atoms with van der Waals surface area (Å²) in [6.45, 7) is 3.82. The molecule has 1 atom stereocenters. The molecule has 5 rings (SSSR count). The molecule has 2 aromatic heterocycles. The molecule has 1 fully saturated rings. The second-order valence-electron chi connectivity index (χ2n) is 7.74. The van der Waals surface area contributed by atoms with Crippen LogP contribution in [-0.2, 0) is 11.3 Å². The van der Waals surface area contributed by atoms with Gasteiger partial charge in [0.1, 0.15) is 11.9 Å². The summed E-state index contributed by atoms with van der Waals surface area (Å²) in [4.78, 5) is 2.12.